The van der Waals surface area contributed by atoms with Crippen molar-refractivity contribution in [2.75, 3.05) is 57.4 Å². The van der Waals surface area contributed by atoms with Crippen LogP contribution in [0.1, 0.15) is 25.7 Å². The summed E-state index contributed by atoms with van der Waals surface area (Å²) in [6, 6.07) is 5.84. The summed E-state index contributed by atoms with van der Waals surface area (Å²) in [5.74, 6) is 0.896. The van der Waals surface area contributed by atoms with Gasteiger partial charge in [0.15, 0.2) is 0 Å². The van der Waals surface area contributed by atoms with Crippen molar-refractivity contribution in [3.8, 4) is 0 Å². The standard InChI is InChI=1S/C19H28N4O3/c24-18(22-9-5-1-2-6-10-22)15-26-16-19(25)23-13-11-21(12-14-23)17-7-3-4-8-20-17/h3-4,7-8H,1-2,5-6,9-16H2. The number of amides is 2. The van der Waals surface area contributed by atoms with E-state index in [-0.39, 0.29) is 25.0 Å². The number of carbonyl (C=O) groups is 2. The minimum absolute atomic E-state index is 0.000304. The van der Waals surface area contributed by atoms with Crippen LogP contribution >= 0.6 is 0 Å². The molecule has 0 bridgehead atoms. The molecule has 2 aliphatic heterocycles. The number of carbonyl (C=O) groups excluding carboxylic acids is 2. The molecule has 7 nitrogen and oxygen atoms in total. The molecule has 2 aliphatic rings. The molecule has 0 unspecified atom stereocenters. The highest BCUT2D eigenvalue weighted by Gasteiger charge is 2.22. The van der Waals surface area contributed by atoms with Gasteiger partial charge in [-0.2, -0.15) is 0 Å². The zero-order valence-corrected chi connectivity index (χ0v) is 15.3. The van der Waals surface area contributed by atoms with E-state index in [1.54, 1.807) is 11.1 Å². The Bertz CT molecular complexity index is 580. The Kier molecular flexibility index (Phi) is 6.82. The van der Waals surface area contributed by atoms with Crippen LogP contribution < -0.4 is 4.90 Å². The number of ether oxygens (including phenoxy) is 1. The molecule has 142 valence electrons. The van der Waals surface area contributed by atoms with E-state index >= 15 is 0 Å². The summed E-state index contributed by atoms with van der Waals surface area (Å²) in [4.78, 5) is 34.7. The average Bonchev–Trinajstić information content (AvgIpc) is 2.98. The van der Waals surface area contributed by atoms with Crippen LogP contribution in [-0.2, 0) is 14.3 Å². The van der Waals surface area contributed by atoms with Gasteiger partial charge in [-0.15, -0.1) is 0 Å². The normalized spacial score (nSPS) is 18.5. The third-order valence-electron chi connectivity index (χ3n) is 5.02. The molecule has 0 aliphatic carbocycles. The Labute approximate surface area is 154 Å². The van der Waals surface area contributed by atoms with Crippen LogP contribution in [0.15, 0.2) is 24.4 Å². The molecule has 0 atom stereocenters. The van der Waals surface area contributed by atoms with Crippen LogP contribution in [0, 0.1) is 0 Å². The molecule has 3 rings (SSSR count). The lowest BCUT2D eigenvalue weighted by atomic mass is 10.2. The predicted molar refractivity (Wildman–Crippen MR) is 98.9 cm³/mol. The summed E-state index contributed by atoms with van der Waals surface area (Å²) in [6.45, 7) is 4.42. The first-order valence-corrected chi connectivity index (χ1v) is 9.53. The summed E-state index contributed by atoms with van der Waals surface area (Å²) >= 11 is 0. The first kappa shape index (κ1) is 18.6. The molecule has 26 heavy (non-hydrogen) atoms. The number of likely N-dealkylation sites (tertiary alicyclic amines) is 1. The molecule has 2 fully saturated rings. The first-order chi connectivity index (χ1) is 12.7. The van der Waals surface area contributed by atoms with Gasteiger partial charge in [0.1, 0.15) is 19.0 Å². The molecule has 0 aromatic carbocycles. The van der Waals surface area contributed by atoms with Crippen molar-refractivity contribution in [2.24, 2.45) is 0 Å². The van der Waals surface area contributed by atoms with E-state index in [1.165, 1.54) is 12.8 Å². The maximum Gasteiger partial charge on any atom is 0.248 e. The molecule has 3 heterocycles. The molecular formula is C19H28N4O3. The summed E-state index contributed by atoms with van der Waals surface area (Å²) < 4.78 is 5.41. The highest BCUT2D eigenvalue weighted by atomic mass is 16.5. The van der Waals surface area contributed by atoms with Crippen LogP contribution in [0.2, 0.25) is 0 Å². The quantitative estimate of drug-likeness (QED) is 0.788. The van der Waals surface area contributed by atoms with Crippen molar-refractivity contribution in [3.63, 3.8) is 0 Å². The van der Waals surface area contributed by atoms with Crippen LogP contribution in [0.25, 0.3) is 0 Å². The van der Waals surface area contributed by atoms with Gasteiger partial charge in [-0.1, -0.05) is 18.9 Å². The van der Waals surface area contributed by atoms with Gasteiger partial charge in [0.25, 0.3) is 0 Å². The molecule has 0 N–H and O–H groups in total. The van der Waals surface area contributed by atoms with Gasteiger partial charge in [0, 0.05) is 45.5 Å². The van der Waals surface area contributed by atoms with E-state index < -0.39 is 0 Å². The monoisotopic (exact) mass is 360 g/mol. The summed E-state index contributed by atoms with van der Waals surface area (Å²) in [6.07, 6.45) is 6.28. The fourth-order valence-corrected chi connectivity index (χ4v) is 3.45. The molecule has 0 spiro atoms. The van der Waals surface area contributed by atoms with Crippen molar-refractivity contribution in [1.82, 2.24) is 14.8 Å². The number of aromatic nitrogens is 1. The summed E-state index contributed by atoms with van der Waals surface area (Å²) in [5.41, 5.74) is 0. The second kappa shape index (κ2) is 9.52. The number of piperazine rings is 1. The minimum Gasteiger partial charge on any atom is -0.362 e. The van der Waals surface area contributed by atoms with Crippen LogP contribution in [0.5, 0.6) is 0 Å². The van der Waals surface area contributed by atoms with Gasteiger partial charge in [-0.3, -0.25) is 9.59 Å². The number of hydrogen-bond donors (Lipinski definition) is 0. The van der Waals surface area contributed by atoms with Crippen LogP contribution in [0.3, 0.4) is 0 Å². The lowest BCUT2D eigenvalue weighted by molar-refractivity contribution is -0.142. The highest BCUT2D eigenvalue weighted by Crippen LogP contribution is 2.13. The molecule has 2 amide bonds. The smallest absolute Gasteiger partial charge is 0.248 e. The molecule has 2 saturated heterocycles. The SMILES string of the molecule is O=C(COCC(=O)N1CCN(c2ccccn2)CC1)N1CCCCCC1. The lowest BCUT2D eigenvalue weighted by Gasteiger charge is -2.35. The highest BCUT2D eigenvalue weighted by molar-refractivity contribution is 5.80. The van der Waals surface area contributed by atoms with Crippen molar-refractivity contribution >= 4 is 17.6 Å². The maximum absolute atomic E-state index is 12.3. The fraction of sp³-hybridized carbons (Fsp3) is 0.632. The van der Waals surface area contributed by atoms with Gasteiger partial charge in [0.05, 0.1) is 0 Å². The number of pyridine rings is 1. The lowest BCUT2D eigenvalue weighted by Crippen LogP contribution is -2.50. The van der Waals surface area contributed by atoms with E-state index in [2.05, 4.69) is 9.88 Å². The van der Waals surface area contributed by atoms with Gasteiger partial charge < -0.3 is 19.4 Å². The Morgan fingerprint density at radius 1 is 0.846 bits per heavy atom. The number of nitrogens with zero attached hydrogens (tertiary/aromatic N) is 4. The second-order valence-corrected chi connectivity index (χ2v) is 6.84. The number of rotatable bonds is 5. The third-order valence-corrected chi connectivity index (χ3v) is 5.02. The Hall–Kier alpha value is -2.15. The zero-order chi connectivity index (χ0) is 18.2. The number of hydrogen-bond acceptors (Lipinski definition) is 5. The van der Waals surface area contributed by atoms with Gasteiger partial charge in [-0.25, -0.2) is 4.98 Å². The van der Waals surface area contributed by atoms with Crippen molar-refractivity contribution in [1.29, 1.82) is 0 Å². The van der Waals surface area contributed by atoms with E-state index in [4.69, 9.17) is 4.74 Å². The van der Waals surface area contributed by atoms with Crippen molar-refractivity contribution in [2.45, 2.75) is 25.7 Å². The number of anilines is 1. The molecule has 0 radical (unpaired) electrons. The Morgan fingerprint density at radius 3 is 2.04 bits per heavy atom. The summed E-state index contributed by atoms with van der Waals surface area (Å²) in [7, 11) is 0. The van der Waals surface area contributed by atoms with Gasteiger partial charge >= 0.3 is 0 Å². The summed E-state index contributed by atoms with van der Waals surface area (Å²) in [5, 5.41) is 0. The van der Waals surface area contributed by atoms with Crippen molar-refractivity contribution in [3.05, 3.63) is 24.4 Å². The molecule has 1 aromatic heterocycles. The zero-order valence-electron chi connectivity index (χ0n) is 15.3. The van der Waals surface area contributed by atoms with E-state index in [1.807, 2.05) is 23.1 Å². The average molecular weight is 360 g/mol. The second-order valence-electron chi connectivity index (χ2n) is 6.84. The fourth-order valence-electron chi connectivity index (χ4n) is 3.45. The third kappa shape index (κ3) is 5.17. The van der Waals surface area contributed by atoms with E-state index in [9.17, 15) is 9.59 Å². The largest absolute Gasteiger partial charge is 0.362 e. The molecular weight excluding hydrogens is 332 g/mol. The van der Waals surface area contributed by atoms with E-state index in [0.717, 1.165) is 44.8 Å². The Morgan fingerprint density at radius 2 is 1.46 bits per heavy atom. The van der Waals surface area contributed by atoms with E-state index in [0.29, 0.717) is 13.1 Å². The van der Waals surface area contributed by atoms with Gasteiger partial charge in [0.2, 0.25) is 11.8 Å². The maximum atomic E-state index is 12.3. The minimum atomic E-state index is -0.0469. The van der Waals surface area contributed by atoms with Crippen LogP contribution in [-0.4, -0.2) is 79.1 Å². The molecule has 0 saturated carbocycles. The van der Waals surface area contributed by atoms with Crippen molar-refractivity contribution < 1.29 is 14.3 Å². The molecule has 7 heteroatoms. The topological polar surface area (TPSA) is 66.0 Å². The molecule has 1 aromatic rings. The van der Waals surface area contributed by atoms with Gasteiger partial charge in [-0.05, 0) is 25.0 Å². The predicted octanol–water partition coefficient (Wildman–Crippen LogP) is 1.15. The Balaban J connectivity index is 1.36. The van der Waals surface area contributed by atoms with Crippen LogP contribution in [0.4, 0.5) is 5.82 Å². The first-order valence-electron chi connectivity index (χ1n) is 9.53.